The minimum absolute atomic E-state index is 0.671. The van der Waals surface area contributed by atoms with Crippen LogP contribution in [0.5, 0.6) is 0 Å². The SMILES string of the molecule is CCC[C@H](C)CCCC(/C=N\N(C)C1CCCCC1)CC. The molecule has 21 heavy (non-hydrogen) atoms. The van der Waals surface area contributed by atoms with E-state index in [1.54, 1.807) is 0 Å². The molecular weight excluding hydrogens is 256 g/mol. The van der Waals surface area contributed by atoms with Gasteiger partial charge in [0, 0.05) is 19.3 Å². The zero-order valence-corrected chi connectivity index (χ0v) is 15.0. The summed E-state index contributed by atoms with van der Waals surface area (Å²) >= 11 is 0. The van der Waals surface area contributed by atoms with Gasteiger partial charge in [-0.3, -0.25) is 5.01 Å². The van der Waals surface area contributed by atoms with Crippen LogP contribution in [-0.2, 0) is 0 Å². The lowest BCUT2D eigenvalue weighted by molar-refractivity contribution is 0.199. The molecule has 0 amide bonds. The summed E-state index contributed by atoms with van der Waals surface area (Å²) in [6, 6.07) is 0.692. The second-order valence-electron chi connectivity index (χ2n) is 7.12. The number of hydrogen-bond acceptors (Lipinski definition) is 2. The molecule has 1 aliphatic carbocycles. The Labute approximate surface area is 133 Å². The summed E-state index contributed by atoms with van der Waals surface area (Å²) in [5.41, 5.74) is 0. The Bertz CT molecular complexity index is 269. The summed E-state index contributed by atoms with van der Waals surface area (Å²) in [6.45, 7) is 6.99. The second-order valence-corrected chi connectivity index (χ2v) is 7.12. The van der Waals surface area contributed by atoms with E-state index in [0.29, 0.717) is 12.0 Å². The maximum absolute atomic E-state index is 4.76. The Morgan fingerprint density at radius 1 is 1.10 bits per heavy atom. The number of hydrazone groups is 1. The van der Waals surface area contributed by atoms with Crippen molar-refractivity contribution >= 4 is 6.21 Å². The van der Waals surface area contributed by atoms with Gasteiger partial charge < -0.3 is 0 Å². The van der Waals surface area contributed by atoms with Crippen LogP contribution in [0.2, 0.25) is 0 Å². The molecule has 0 aliphatic heterocycles. The van der Waals surface area contributed by atoms with Crippen LogP contribution in [0.25, 0.3) is 0 Å². The maximum atomic E-state index is 4.76. The Balaban J connectivity index is 2.26. The standard InChI is InChI=1S/C19H38N2/c1-5-11-17(3)12-10-13-18(6-2)16-20-21(4)19-14-8-7-9-15-19/h16-19H,5-15H2,1-4H3/b20-16-/t17-,18?/m0/s1. The van der Waals surface area contributed by atoms with Gasteiger partial charge in [-0.2, -0.15) is 5.10 Å². The normalized spacial score (nSPS) is 19.8. The van der Waals surface area contributed by atoms with Crippen LogP contribution in [0, 0.1) is 11.8 Å². The molecule has 1 aliphatic rings. The van der Waals surface area contributed by atoms with E-state index in [1.807, 2.05) is 0 Å². The van der Waals surface area contributed by atoms with Crippen LogP contribution in [0.3, 0.4) is 0 Å². The molecule has 2 atom stereocenters. The highest BCUT2D eigenvalue weighted by atomic mass is 15.4. The average Bonchev–Trinajstić information content (AvgIpc) is 2.51. The van der Waals surface area contributed by atoms with E-state index in [9.17, 15) is 0 Å². The quantitative estimate of drug-likeness (QED) is 0.363. The minimum atomic E-state index is 0.671. The zero-order chi connectivity index (χ0) is 15.5. The second kappa shape index (κ2) is 11.1. The van der Waals surface area contributed by atoms with E-state index in [4.69, 9.17) is 5.10 Å². The number of hydrogen-bond donors (Lipinski definition) is 0. The van der Waals surface area contributed by atoms with Crippen molar-refractivity contribution in [2.75, 3.05) is 7.05 Å². The highest BCUT2D eigenvalue weighted by Gasteiger charge is 2.16. The molecule has 0 aromatic rings. The van der Waals surface area contributed by atoms with Crippen molar-refractivity contribution in [1.29, 1.82) is 0 Å². The summed E-state index contributed by atoms with van der Waals surface area (Å²) < 4.78 is 0. The van der Waals surface area contributed by atoms with Gasteiger partial charge in [0.05, 0.1) is 0 Å². The Kier molecular flexibility index (Phi) is 9.78. The fraction of sp³-hybridized carbons (Fsp3) is 0.947. The monoisotopic (exact) mass is 294 g/mol. The topological polar surface area (TPSA) is 15.6 Å². The third kappa shape index (κ3) is 7.87. The molecule has 0 radical (unpaired) electrons. The Morgan fingerprint density at radius 2 is 1.81 bits per heavy atom. The van der Waals surface area contributed by atoms with Gasteiger partial charge in [-0.05, 0) is 37.5 Å². The molecule has 0 spiro atoms. The first-order valence-corrected chi connectivity index (χ1v) is 9.44. The zero-order valence-electron chi connectivity index (χ0n) is 15.0. The number of rotatable bonds is 10. The van der Waals surface area contributed by atoms with E-state index in [2.05, 4.69) is 39.0 Å². The van der Waals surface area contributed by atoms with Crippen LogP contribution in [0.1, 0.15) is 91.4 Å². The van der Waals surface area contributed by atoms with E-state index >= 15 is 0 Å². The Morgan fingerprint density at radius 3 is 2.43 bits per heavy atom. The molecule has 1 rings (SSSR count). The van der Waals surface area contributed by atoms with Gasteiger partial charge in [0.25, 0.3) is 0 Å². The minimum Gasteiger partial charge on any atom is -0.297 e. The summed E-state index contributed by atoms with van der Waals surface area (Å²) in [7, 11) is 2.17. The van der Waals surface area contributed by atoms with Crippen molar-refractivity contribution in [1.82, 2.24) is 5.01 Å². The largest absolute Gasteiger partial charge is 0.297 e. The lowest BCUT2D eigenvalue weighted by Crippen LogP contribution is -2.29. The van der Waals surface area contributed by atoms with Gasteiger partial charge >= 0.3 is 0 Å². The van der Waals surface area contributed by atoms with Gasteiger partial charge in [-0.25, -0.2) is 0 Å². The van der Waals surface area contributed by atoms with E-state index in [1.165, 1.54) is 70.6 Å². The van der Waals surface area contributed by atoms with Crippen molar-refractivity contribution in [2.45, 2.75) is 97.4 Å². The summed E-state index contributed by atoms with van der Waals surface area (Å²) in [6.07, 6.45) is 17.1. The molecule has 0 aromatic heterocycles. The molecule has 2 nitrogen and oxygen atoms in total. The molecule has 1 fully saturated rings. The van der Waals surface area contributed by atoms with Crippen molar-refractivity contribution in [3.05, 3.63) is 0 Å². The average molecular weight is 295 g/mol. The van der Waals surface area contributed by atoms with E-state index in [-0.39, 0.29) is 0 Å². The first kappa shape index (κ1) is 18.5. The molecule has 0 saturated heterocycles. The third-order valence-electron chi connectivity index (χ3n) is 5.14. The molecular formula is C19H38N2. The Hall–Kier alpha value is -0.530. The first-order chi connectivity index (χ1) is 10.2. The van der Waals surface area contributed by atoms with Crippen LogP contribution in [-0.4, -0.2) is 24.3 Å². The predicted molar refractivity (Wildman–Crippen MR) is 94.8 cm³/mol. The van der Waals surface area contributed by atoms with Gasteiger partial charge in [0.2, 0.25) is 0 Å². The van der Waals surface area contributed by atoms with Crippen LogP contribution in [0.15, 0.2) is 5.10 Å². The van der Waals surface area contributed by atoms with E-state index in [0.717, 1.165) is 5.92 Å². The fourth-order valence-corrected chi connectivity index (χ4v) is 3.50. The van der Waals surface area contributed by atoms with Crippen molar-refractivity contribution in [3.63, 3.8) is 0 Å². The maximum Gasteiger partial charge on any atom is 0.0467 e. The van der Waals surface area contributed by atoms with Crippen LogP contribution < -0.4 is 0 Å². The van der Waals surface area contributed by atoms with Crippen LogP contribution in [0.4, 0.5) is 0 Å². The first-order valence-electron chi connectivity index (χ1n) is 9.44. The van der Waals surface area contributed by atoms with Crippen molar-refractivity contribution in [3.8, 4) is 0 Å². The lowest BCUT2D eigenvalue weighted by Gasteiger charge is -2.29. The molecule has 0 aromatic carbocycles. The summed E-state index contributed by atoms with van der Waals surface area (Å²) in [5.74, 6) is 1.57. The highest BCUT2D eigenvalue weighted by Crippen LogP contribution is 2.22. The van der Waals surface area contributed by atoms with Gasteiger partial charge in [0.1, 0.15) is 0 Å². The third-order valence-corrected chi connectivity index (χ3v) is 5.14. The summed E-state index contributed by atoms with van der Waals surface area (Å²) in [5, 5.41) is 7.00. The molecule has 2 heteroatoms. The molecule has 1 saturated carbocycles. The van der Waals surface area contributed by atoms with Crippen molar-refractivity contribution < 1.29 is 0 Å². The van der Waals surface area contributed by atoms with Crippen LogP contribution >= 0.6 is 0 Å². The van der Waals surface area contributed by atoms with Gasteiger partial charge in [-0.15, -0.1) is 0 Å². The smallest absolute Gasteiger partial charge is 0.0467 e. The molecule has 0 bridgehead atoms. The predicted octanol–water partition coefficient (Wildman–Crippen LogP) is 5.87. The fourth-order valence-electron chi connectivity index (χ4n) is 3.50. The van der Waals surface area contributed by atoms with Gasteiger partial charge in [-0.1, -0.05) is 65.7 Å². The lowest BCUT2D eigenvalue weighted by atomic mass is 9.94. The molecule has 0 heterocycles. The van der Waals surface area contributed by atoms with Crippen molar-refractivity contribution in [2.24, 2.45) is 16.9 Å². The highest BCUT2D eigenvalue weighted by molar-refractivity contribution is 5.60. The molecule has 1 unspecified atom stereocenters. The summed E-state index contributed by atoms with van der Waals surface area (Å²) in [4.78, 5) is 0. The molecule has 0 N–H and O–H groups in total. The van der Waals surface area contributed by atoms with E-state index < -0.39 is 0 Å². The van der Waals surface area contributed by atoms with Gasteiger partial charge in [0.15, 0.2) is 0 Å². The molecule has 124 valence electrons. The number of nitrogens with zero attached hydrogens (tertiary/aromatic N) is 2.